The van der Waals surface area contributed by atoms with Gasteiger partial charge in [0.05, 0.1) is 13.1 Å². The zero-order valence-electron chi connectivity index (χ0n) is 17.8. The van der Waals surface area contributed by atoms with Gasteiger partial charge in [-0.3, -0.25) is 14.7 Å². The van der Waals surface area contributed by atoms with E-state index in [1.165, 1.54) is 25.7 Å². The van der Waals surface area contributed by atoms with Gasteiger partial charge in [0.25, 0.3) is 0 Å². The van der Waals surface area contributed by atoms with E-state index in [1.807, 2.05) is 14.1 Å². The Kier molecular flexibility index (Phi) is 9.34. The molecule has 0 bridgehead atoms. The summed E-state index contributed by atoms with van der Waals surface area (Å²) in [6, 6.07) is 1.19. The smallest absolute Gasteiger partial charge is 0.236 e. The quantitative estimate of drug-likeness (QED) is 0.485. The molecule has 1 amide bonds. The average Bonchev–Trinajstić information content (AvgIpc) is 3.18. The molecule has 1 saturated heterocycles. The maximum Gasteiger partial charge on any atom is 0.236 e. The van der Waals surface area contributed by atoms with Gasteiger partial charge in [-0.15, -0.1) is 0 Å². The van der Waals surface area contributed by atoms with Crippen LogP contribution in [0.4, 0.5) is 0 Å². The second-order valence-corrected chi connectivity index (χ2v) is 8.16. The fraction of sp³-hybridized carbons (Fsp3) is 0.900. The van der Waals surface area contributed by atoms with E-state index in [4.69, 9.17) is 4.99 Å². The molecule has 27 heavy (non-hydrogen) atoms. The van der Waals surface area contributed by atoms with Crippen molar-refractivity contribution in [1.82, 2.24) is 25.3 Å². The van der Waals surface area contributed by atoms with Crippen LogP contribution in [0.25, 0.3) is 0 Å². The third kappa shape index (κ3) is 7.66. The van der Waals surface area contributed by atoms with Crippen LogP contribution in [-0.2, 0) is 4.79 Å². The number of nitrogens with zero attached hydrogens (tertiary/aromatic N) is 4. The molecule has 2 fully saturated rings. The van der Waals surface area contributed by atoms with Gasteiger partial charge >= 0.3 is 0 Å². The van der Waals surface area contributed by atoms with Gasteiger partial charge in [-0.25, -0.2) is 0 Å². The monoisotopic (exact) mass is 380 g/mol. The topological polar surface area (TPSA) is 63.2 Å². The molecule has 0 aromatic heterocycles. The van der Waals surface area contributed by atoms with Crippen LogP contribution in [0.1, 0.15) is 45.4 Å². The van der Waals surface area contributed by atoms with E-state index in [9.17, 15) is 4.79 Å². The van der Waals surface area contributed by atoms with Gasteiger partial charge in [-0.05, 0) is 39.7 Å². The zero-order valence-corrected chi connectivity index (χ0v) is 17.8. The van der Waals surface area contributed by atoms with E-state index in [1.54, 1.807) is 4.90 Å². The number of rotatable bonds is 8. The highest BCUT2D eigenvalue weighted by Gasteiger charge is 2.22. The molecule has 156 valence electrons. The minimum absolute atomic E-state index is 0.183. The lowest BCUT2D eigenvalue weighted by Crippen LogP contribution is -2.50. The maximum atomic E-state index is 11.9. The molecule has 7 heteroatoms. The summed E-state index contributed by atoms with van der Waals surface area (Å²) in [4.78, 5) is 23.0. The first-order valence-corrected chi connectivity index (χ1v) is 10.7. The van der Waals surface area contributed by atoms with Gasteiger partial charge in [0, 0.05) is 52.4 Å². The number of carbonyl (C=O) groups is 1. The summed E-state index contributed by atoms with van der Waals surface area (Å²) < 4.78 is 0. The Morgan fingerprint density at radius 2 is 1.78 bits per heavy atom. The van der Waals surface area contributed by atoms with Gasteiger partial charge in [0.15, 0.2) is 5.96 Å². The first-order valence-electron chi connectivity index (χ1n) is 10.7. The highest BCUT2D eigenvalue weighted by atomic mass is 16.2. The second kappa shape index (κ2) is 11.5. The van der Waals surface area contributed by atoms with Crippen molar-refractivity contribution in [2.24, 2.45) is 4.99 Å². The minimum atomic E-state index is 0.183. The standard InChI is InChI=1S/C20H40N6O/c1-5-21-20(22-12-15-25(4)18-8-6-7-9-18)23-17-10-13-26(14-11-17)16-19(27)24(2)3/h17-18H,5-16H2,1-4H3,(H2,21,22,23). The molecule has 0 aromatic carbocycles. The summed E-state index contributed by atoms with van der Waals surface area (Å²) in [5, 5.41) is 6.97. The van der Waals surface area contributed by atoms with Crippen molar-refractivity contribution in [1.29, 1.82) is 0 Å². The van der Waals surface area contributed by atoms with Crippen molar-refractivity contribution in [3.8, 4) is 0 Å². The Morgan fingerprint density at radius 3 is 2.37 bits per heavy atom. The highest BCUT2D eigenvalue weighted by molar-refractivity contribution is 5.80. The molecule has 2 N–H and O–H groups in total. The van der Waals surface area contributed by atoms with Crippen LogP contribution in [0.5, 0.6) is 0 Å². The predicted molar refractivity (Wildman–Crippen MR) is 112 cm³/mol. The van der Waals surface area contributed by atoms with Crippen molar-refractivity contribution >= 4 is 11.9 Å². The summed E-state index contributed by atoms with van der Waals surface area (Å²) in [6.07, 6.45) is 7.53. The van der Waals surface area contributed by atoms with Gasteiger partial charge < -0.3 is 20.4 Å². The van der Waals surface area contributed by atoms with Crippen molar-refractivity contribution in [3.05, 3.63) is 0 Å². The molecular weight excluding hydrogens is 340 g/mol. The number of hydrogen-bond donors (Lipinski definition) is 2. The number of likely N-dealkylation sites (tertiary alicyclic amines) is 1. The molecule has 2 aliphatic rings. The zero-order chi connectivity index (χ0) is 19.6. The van der Waals surface area contributed by atoms with Crippen LogP contribution in [0, 0.1) is 0 Å². The lowest BCUT2D eigenvalue weighted by atomic mass is 10.1. The summed E-state index contributed by atoms with van der Waals surface area (Å²) in [7, 11) is 5.87. The van der Waals surface area contributed by atoms with E-state index >= 15 is 0 Å². The van der Waals surface area contributed by atoms with Gasteiger partial charge in [0.2, 0.25) is 5.91 Å². The van der Waals surface area contributed by atoms with Crippen LogP contribution < -0.4 is 10.6 Å². The Morgan fingerprint density at radius 1 is 1.11 bits per heavy atom. The summed E-state index contributed by atoms with van der Waals surface area (Å²) in [6.45, 7) is 7.28. The number of piperidine rings is 1. The number of likely N-dealkylation sites (N-methyl/N-ethyl adjacent to an activating group) is 2. The van der Waals surface area contributed by atoms with E-state index in [0.29, 0.717) is 12.6 Å². The lowest BCUT2D eigenvalue weighted by Gasteiger charge is -2.33. The Labute approximate surface area is 165 Å². The third-order valence-corrected chi connectivity index (χ3v) is 5.80. The van der Waals surface area contributed by atoms with E-state index in [-0.39, 0.29) is 5.91 Å². The van der Waals surface area contributed by atoms with Gasteiger partial charge in [-0.2, -0.15) is 0 Å². The molecule has 0 radical (unpaired) electrons. The van der Waals surface area contributed by atoms with E-state index in [2.05, 4.69) is 34.4 Å². The Balaban J connectivity index is 1.72. The van der Waals surface area contributed by atoms with Crippen molar-refractivity contribution < 1.29 is 4.79 Å². The van der Waals surface area contributed by atoms with Crippen LogP contribution in [-0.4, -0.2) is 99.1 Å². The molecule has 0 spiro atoms. The summed E-state index contributed by atoms with van der Waals surface area (Å²) >= 11 is 0. The molecule has 1 heterocycles. The van der Waals surface area contributed by atoms with E-state index in [0.717, 1.165) is 57.6 Å². The Hall–Kier alpha value is -1.34. The van der Waals surface area contributed by atoms with Crippen LogP contribution in [0.2, 0.25) is 0 Å². The van der Waals surface area contributed by atoms with Crippen molar-refractivity contribution in [2.75, 3.05) is 60.4 Å². The molecule has 0 unspecified atom stereocenters. The highest BCUT2D eigenvalue weighted by Crippen LogP contribution is 2.21. The van der Waals surface area contributed by atoms with Crippen LogP contribution in [0.15, 0.2) is 4.99 Å². The predicted octanol–water partition coefficient (Wildman–Crippen LogP) is 0.969. The normalized spacial score (nSPS) is 20.3. The summed E-state index contributed by atoms with van der Waals surface area (Å²) in [5.41, 5.74) is 0. The summed E-state index contributed by atoms with van der Waals surface area (Å²) in [5.74, 6) is 1.11. The fourth-order valence-electron chi connectivity index (χ4n) is 3.93. The molecule has 2 rings (SSSR count). The maximum absolute atomic E-state index is 11.9. The molecular formula is C20H40N6O. The minimum Gasteiger partial charge on any atom is -0.357 e. The SMILES string of the molecule is CCNC(=NCCN(C)C1CCCC1)NC1CCN(CC(=O)N(C)C)CC1. The third-order valence-electron chi connectivity index (χ3n) is 5.80. The number of nitrogens with one attached hydrogen (secondary N) is 2. The van der Waals surface area contributed by atoms with Crippen LogP contribution >= 0.6 is 0 Å². The largest absolute Gasteiger partial charge is 0.357 e. The molecule has 0 atom stereocenters. The number of carbonyl (C=O) groups excluding carboxylic acids is 1. The number of amides is 1. The second-order valence-electron chi connectivity index (χ2n) is 8.16. The van der Waals surface area contributed by atoms with E-state index < -0.39 is 0 Å². The number of hydrogen-bond acceptors (Lipinski definition) is 4. The first-order chi connectivity index (χ1) is 13.0. The van der Waals surface area contributed by atoms with Gasteiger partial charge in [-0.1, -0.05) is 12.8 Å². The Bertz CT molecular complexity index is 467. The first kappa shape index (κ1) is 22.0. The average molecular weight is 381 g/mol. The van der Waals surface area contributed by atoms with Crippen molar-refractivity contribution in [3.63, 3.8) is 0 Å². The van der Waals surface area contributed by atoms with Crippen LogP contribution in [0.3, 0.4) is 0 Å². The molecule has 1 aliphatic carbocycles. The molecule has 1 saturated carbocycles. The molecule has 0 aromatic rings. The molecule has 7 nitrogen and oxygen atoms in total. The fourth-order valence-corrected chi connectivity index (χ4v) is 3.93. The number of aliphatic imine (C=N–C) groups is 1. The lowest BCUT2D eigenvalue weighted by molar-refractivity contribution is -0.130. The number of guanidine groups is 1. The van der Waals surface area contributed by atoms with Crippen molar-refractivity contribution in [2.45, 2.75) is 57.5 Å². The van der Waals surface area contributed by atoms with Gasteiger partial charge in [0.1, 0.15) is 0 Å². The molecule has 1 aliphatic heterocycles.